The molecule has 0 bridgehead atoms. The fourth-order valence-electron chi connectivity index (χ4n) is 0.800. The van der Waals surface area contributed by atoms with Gasteiger partial charge in [0.15, 0.2) is 0 Å². The van der Waals surface area contributed by atoms with E-state index in [1.807, 2.05) is 20.8 Å². The molecule has 0 aromatic rings. The molecular formula is C9H18BrNO3. The predicted molar refractivity (Wildman–Crippen MR) is 58.8 cm³/mol. The van der Waals surface area contributed by atoms with Crippen LogP contribution in [0, 0.1) is 0 Å². The van der Waals surface area contributed by atoms with Gasteiger partial charge in [-0.15, -0.1) is 0 Å². The fourth-order valence-corrected chi connectivity index (χ4v) is 1.15. The van der Waals surface area contributed by atoms with Crippen molar-refractivity contribution in [3.05, 3.63) is 0 Å². The summed E-state index contributed by atoms with van der Waals surface area (Å²) in [6.07, 6.45) is -0.418. The summed E-state index contributed by atoms with van der Waals surface area (Å²) in [4.78, 5) is 11.3. The van der Waals surface area contributed by atoms with Gasteiger partial charge in [0.1, 0.15) is 5.60 Å². The van der Waals surface area contributed by atoms with E-state index in [0.29, 0.717) is 11.9 Å². The zero-order valence-electron chi connectivity index (χ0n) is 9.09. The largest absolute Gasteiger partial charge is 0.444 e. The average molecular weight is 268 g/mol. The van der Waals surface area contributed by atoms with Crippen molar-refractivity contribution in [2.75, 3.05) is 19.0 Å². The second-order valence-electron chi connectivity index (χ2n) is 3.95. The molecule has 0 saturated heterocycles. The molecule has 5 heteroatoms. The molecule has 0 saturated carbocycles. The molecule has 84 valence electrons. The van der Waals surface area contributed by atoms with Crippen LogP contribution < -0.4 is 5.32 Å². The maximum atomic E-state index is 11.3. The van der Waals surface area contributed by atoms with Crippen LogP contribution in [0.3, 0.4) is 0 Å². The Hall–Kier alpha value is -0.290. The molecule has 0 spiro atoms. The molecule has 1 N–H and O–H groups in total. The van der Waals surface area contributed by atoms with Crippen LogP contribution in [-0.2, 0) is 9.47 Å². The van der Waals surface area contributed by atoms with Gasteiger partial charge in [-0.05, 0) is 20.8 Å². The Kier molecular flexibility index (Phi) is 6.11. The summed E-state index contributed by atoms with van der Waals surface area (Å²) >= 11 is 3.27. The number of ether oxygens (including phenoxy) is 2. The standard InChI is InChI=1S/C9H18BrNO3/c1-9(2,3)14-8(12)11-7(5-10)6-13-4/h7H,5-6H2,1-4H3,(H,11,12)/t7-/m0/s1. The van der Waals surface area contributed by atoms with Gasteiger partial charge in [0.25, 0.3) is 0 Å². The number of alkyl halides is 1. The van der Waals surface area contributed by atoms with E-state index in [0.717, 1.165) is 0 Å². The van der Waals surface area contributed by atoms with E-state index < -0.39 is 11.7 Å². The third-order valence-corrected chi connectivity index (χ3v) is 2.06. The number of methoxy groups -OCH3 is 1. The molecular weight excluding hydrogens is 250 g/mol. The van der Waals surface area contributed by atoms with Crippen LogP contribution in [0.25, 0.3) is 0 Å². The first-order valence-corrected chi connectivity index (χ1v) is 5.55. The summed E-state index contributed by atoms with van der Waals surface area (Å²) < 4.78 is 10.0. The van der Waals surface area contributed by atoms with E-state index >= 15 is 0 Å². The molecule has 1 amide bonds. The smallest absolute Gasteiger partial charge is 0.407 e. The molecule has 0 rings (SSSR count). The van der Waals surface area contributed by atoms with Gasteiger partial charge in [-0.1, -0.05) is 15.9 Å². The predicted octanol–water partition coefficient (Wildman–Crippen LogP) is 1.92. The first-order valence-electron chi connectivity index (χ1n) is 4.43. The molecule has 0 aliphatic carbocycles. The number of halogens is 1. The summed E-state index contributed by atoms with van der Waals surface area (Å²) in [5, 5.41) is 3.33. The van der Waals surface area contributed by atoms with Crippen molar-refractivity contribution in [1.82, 2.24) is 5.32 Å². The van der Waals surface area contributed by atoms with E-state index in [4.69, 9.17) is 9.47 Å². The Morgan fingerprint density at radius 3 is 2.43 bits per heavy atom. The van der Waals surface area contributed by atoms with Crippen molar-refractivity contribution in [2.45, 2.75) is 32.4 Å². The zero-order valence-corrected chi connectivity index (χ0v) is 10.7. The van der Waals surface area contributed by atoms with Crippen molar-refractivity contribution in [2.24, 2.45) is 0 Å². The third-order valence-electron chi connectivity index (χ3n) is 1.27. The van der Waals surface area contributed by atoms with Crippen LogP contribution in [0.5, 0.6) is 0 Å². The summed E-state index contributed by atoms with van der Waals surface area (Å²) in [5.41, 5.74) is -0.464. The normalized spacial score (nSPS) is 13.5. The molecule has 0 aliphatic rings. The van der Waals surface area contributed by atoms with Gasteiger partial charge in [0, 0.05) is 12.4 Å². The number of hydrogen-bond acceptors (Lipinski definition) is 3. The van der Waals surface area contributed by atoms with Crippen molar-refractivity contribution in [3.63, 3.8) is 0 Å². The maximum Gasteiger partial charge on any atom is 0.407 e. The van der Waals surface area contributed by atoms with E-state index in [2.05, 4.69) is 21.2 Å². The second kappa shape index (κ2) is 6.24. The Morgan fingerprint density at radius 1 is 1.50 bits per heavy atom. The van der Waals surface area contributed by atoms with E-state index in [1.165, 1.54) is 0 Å². The highest BCUT2D eigenvalue weighted by Gasteiger charge is 2.18. The van der Waals surface area contributed by atoms with Gasteiger partial charge >= 0.3 is 6.09 Å². The van der Waals surface area contributed by atoms with Crippen molar-refractivity contribution in [3.8, 4) is 0 Å². The van der Waals surface area contributed by atoms with Crippen LogP contribution in [0.2, 0.25) is 0 Å². The Bertz CT molecular complexity index is 179. The lowest BCUT2D eigenvalue weighted by molar-refractivity contribution is 0.0479. The molecule has 0 aromatic carbocycles. The minimum atomic E-state index is -0.464. The van der Waals surface area contributed by atoms with Crippen LogP contribution in [0.4, 0.5) is 4.79 Å². The van der Waals surface area contributed by atoms with Crippen LogP contribution in [-0.4, -0.2) is 36.8 Å². The molecule has 4 nitrogen and oxygen atoms in total. The molecule has 0 heterocycles. The van der Waals surface area contributed by atoms with Gasteiger partial charge in [-0.3, -0.25) is 0 Å². The average Bonchev–Trinajstić information content (AvgIpc) is 2.00. The summed E-state index contributed by atoms with van der Waals surface area (Å²) in [6, 6.07) is -0.0603. The first-order chi connectivity index (χ1) is 6.39. The number of hydrogen-bond donors (Lipinski definition) is 1. The highest BCUT2D eigenvalue weighted by atomic mass is 79.9. The van der Waals surface area contributed by atoms with Crippen LogP contribution in [0.15, 0.2) is 0 Å². The molecule has 14 heavy (non-hydrogen) atoms. The molecule has 1 atom stereocenters. The summed E-state index contributed by atoms with van der Waals surface area (Å²) in [6.45, 7) is 5.94. The topological polar surface area (TPSA) is 47.6 Å². The maximum absolute atomic E-state index is 11.3. The molecule has 0 radical (unpaired) electrons. The lowest BCUT2D eigenvalue weighted by Gasteiger charge is -2.22. The number of rotatable bonds is 4. The fraction of sp³-hybridized carbons (Fsp3) is 0.889. The van der Waals surface area contributed by atoms with Gasteiger partial charge in [0.05, 0.1) is 12.6 Å². The van der Waals surface area contributed by atoms with Crippen molar-refractivity contribution < 1.29 is 14.3 Å². The van der Waals surface area contributed by atoms with Gasteiger partial charge in [0.2, 0.25) is 0 Å². The lowest BCUT2D eigenvalue weighted by Crippen LogP contribution is -2.42. The minimum absolute atomic E-state index is 0.0603. The van der Waals surface area contributed by atoms with Crippen LogP contribution >= 0.6 is 15.9 Å². The van der Waals surface area contributed by atoms with Gasteiger partial charge in [-0.2, -0.15) is 0 Å². The Labute approximate surface area is 93.5 Å². The number of carbonyl (C=O) groups excluding carboxylic acids is 1. The van der Waals surface area contributed by atoms with E-state index in [-0.39, 0.29) is 6.04 Å². The van der Waals surface area contributed by atoms with Crippen molar-refractivity contribution in [1.29, 1.82) is 0 Å². The summed E-state index contributed by atoms with van der Waals surface area (Å²) in [7, 11) is 1.59. The number of alkyl carbamates (subject to hydrolysis) is 1. The summed E-state index contributed by atoms with van der Waals surface area (Å²) in [5.74, 6) is 0. The Balaban J connectivity index is 3.91. The minimum Gasteiger partial charge on any atom is -0.444 e. The number of nitrogens with one attached hydrogen (secondary N) is 1. The van der Waals surface area contributed by atoms with Crippen LogP contribution in [0.1, 0.15) is 20.8 Å². The SMILES string of the molecule is COC[C@H](CBr)NC(=O)OC(C)(C)C. The lowest BCUT2D eigenvalue weighted by atomic mass is 10.2. The number of amides is 1. The van der Waals surface area contributed by atoms with Crippen molar-refractivity contribution >= 4 is 22.0 Å². The number of carbonyl (C=O) groups is 1. The Morgan fingerprint density at radius 2 is 2.07 bits per heavy atom. The van der Waals surface area contributed by atoms with Gasteiger partial charge < -0.3 is 14.8 Å². The molecule has 0 fully saturated rings. The zero-order chi connectivity index (χ0) is 11.2. The van der Waals surface area contributed by atoms with Gasteiger partial charge in [-0.25, -0.2) is 4.79 Å². The van der Waals surface area contributed by atoms with E-state index in [9.17, 15) is 4.79 Å². The molecule has 0 aliphatic heterocycles. The van der Waals surface area contributed by atoms with E-state index in [1.54, 1.807) is 7.11 Å². The third kappa shape index (κ3) is 7.15. The molecule has 0 unspecified atom stereocenters. The highest BCUT2D eigenvalue weighted by Crippen LogP contribution is 2.07. The molecule has 0 aromatic heterocycles. The quantitative estimate of drug-likeness (QED) is 0.792. The second-order valence-corrected chi connectivity index (χ2v) is 4.60. The monoisotopic (exact) mass is 267 g/mol. The highest BCUT2D eigenvalue weighted by molar-refractivity contribution is 9.09. The first kappa shape index (κ1) is 13.7.